The summed E-state index contributed by atoms with van der Waals surface area (Å²) in [6.07, 6.45) is 1.85. The van der Waals surface area contributed by atoms with Gasteiger partial charge in [-0.2, -0.15) is 4.31 Å². The first-order valence-corrected chi connectivity index (χ1v) is 8.59. The van der Waals surface area contributed by atoms with E-state index < -0.39 is 10.0 Å². The highest BCUT2D eigenvalue weighted by Crippen LogP contribution is 2.33. The Morgan fingerprint density at radius 2 is 2.05 bits per heavy atom. The van der Waals surface area contributed by atoms with E-state index in [2.05, 4.69) is 0 Å². The molecule has 1 saturated carbocycles. The first-order valence-electron chi connectivity index (χ1n) is 6.77. The summed E-state index contributed by atoms with van der Waals surface area (Å²) in [7, 11) is -3.51. The molecular weight excluding hydrogens is 298 g/mol. The second-order valence-corrected chi connectivity index (χ2v) is 7.91. The molecule has 1 N–H and O–H groups in total. The van der Waals surface area contributed by atoms with E-state index >= 15 is 0 Å². The zero-order valence-corrected chi connectivity index (χ0v) is 13.3. The molecule has 1 aromatic carbocycles. The molecule has 0 aliphatic heterocycles. The number of benzene rings is 1. The fourth-order valence-corrected chi connectivity index (χ4v) is 4.30. The van der Waals surface area contributed by atoms with E-state index in [1.165, 1.54) is 12.1 Å². The average molecular weight is 318 g/mol. The first kappa shape index (κ1) is 15.8. The quantitative estimate of drug-likeness (QED) is 0.877. The number of aliphatic hydroxyl groups is 1. The Balaban J connectivity index is 2.34. The fraction of sp³-hybridized carbons (Fsp3) is 0.571. The monoisotopic (exact) mass is 317 g/mol. The highest BCUT2D eigenvalue weighted by Gasteiger charge is 2.38. The average Bonchev–Trinajstić information content (AvgIpc) is 3.19. The van der Waals surface area contributed by atoms with Crippen LogP contribution in [0, 0.1) is 5.92 Å². The van der Waals surface area contributed by atoms with Crippen LogP contribution >= 0.6 is 11.6 Å². The second kappa shape index (κ2) is 6.02. The molecule has 20 heavy (non-hydrogen) atoms. The summed E-state index contributed by atoms with van der Waals surface area (Å²) in [5.41, 5.74) is 0.535. The first-order chi connectivity index (χ1) is 9.36. The van der Waals surface area contributed by atoms with E-state index in [9.17, 15) is 8.42 Å². The predicted octanol–water partition coefficient (Wildman–Crippen LogP) is 2.64. The molecule has 0 radical (unpaired) electrons. The van der Waals surface area contributed by atoms with Gasteiger partial charge in [0.1, 0.15) is 0 Å². The van der Waals surface area contributed by atoms with Crippen molar-refractivity contribution < 1.29 is 13.5 Å². The largest absolute Gasteiger partial charge is 0.392 e. The van der Waals surface area contributed by atoms with Gasteiger partial charge in [0.25, 0.3) is 0 Å². The van der Waals surface area contributed by atoms with Crippen LogP contribution in [0.5, 0.6) is 0 Å². The molecule has 2 rings (SSSR count). The lowest BCUT2D eigenvalue weighted by atomic mass is 10.2. The van der Waals surface area contributed by atoms with Crippen LogP contribution in [0.25, 0.3) is 0 Å². The lowest BCUT2D eigenvalue weighted by Crippen LogP contribution is -2.36. The number of hydrogen-bond acceptors (Lipinski definition) is 3. The number of sulfonamides is 1. The minimum atomic E-state index is -3.51. The van der Waals surface area contributed by atoms with E-state index in [1.807, 2.05) is 13.8 Å². The van der Waals surface area contributed by atoms with Gasteiger partial charge in [0, 0.05) is 17.6 Å². The molecule has 0 atom stereocenters. The van der Waals surface area contributed by atoms with Gasteiger partial charge in [0.05, 0.1) is 11.5 Å². The minimum absolute atomic E-state index is 0.124. The Morgan fingerprint density at radius 3 is 2.50 bits per heavy atom. The van der Waals surface area contributed by atoms with Gasteiger partial charge in [-0.15, -0.1) is 0 Å². The number of halogens is 1. The van der Waals surface area contributed by atoms with Gasteiger partial charge < -0.3 is 5.11 Å². The van der Waals surface area contributed by atoms with Crippen molar-refractivity contribution in [2.45, 2.75) is 44.2 Å². The molecule has 1 aliphatic rings. The summed E-state index contributed by atoms with van der Waals surface area (Å²) >= 11 is 6.00. The molecule has 6 heteroatoms. The van der Waals surface area contributed by atoms with E-state index in [0.717, 1.165) is 12.8 Å². The zero-order valence-electron chi connectivity index (χ0n) is 11.7. The summed E-state index contributed by atoms with van der Waals surface area (Å²) in [4.78, 5) is 0.201. The molecule has 0 heterocycles. The molecule has 112 valence electrons. The van der Waals surface area contributed by atoms with Crippen LogP contribution in [0.4, 0.5) is 0 Å². The third-order valence-corrected chi connectivity index (χ3v) is 5.57. The molecular formula is C14H20ClNO3S. The summed E-state index contributed by atoms with van der Waals surface area (Å²) in [5.74, 6) is 0.276. The second-order valence-electron chi connectivity index (χ2n) is 5.61. The standard InChI is InChI=1S/C14H20ClNO3S/c1-10(2)8-16(12-4-5-12)20(18,19)13-6-3-11(9-17)14(15)7-13/h3,6-7,10,12,17H,4-5,8-9H2,1-2H3. The Bertz CT molecular complexity index is 582. The van der Waals surface area contributed by atoms with Gasteiger partial charge in [-0.05, 0) is 36.5 Å². The maximum Gasteiger partial charge on any atom is 0.243 e. The van der Waals surface area contributed by atoms with Crippen LogP contribution in [0.3, 0.4) is 0 Å². The van der Waals surface area contributed by atoms with Gasteiger partial charge in [0.15, 0.2) is 0 Å². The van der Waals surface area contributed by atoms with Crippen molar-refractivity contribution in [3.63, 3.8) is 0 Å². The minimum Gasteiger partial charge on any atom is -0.392 e. The Morgan fingerprint density at radius 1 is 1.40 bits per heavy atom. The van der Waals surface area contributed by atoms with Crippen LogP contribution in [0.2, 0.25) is 5.02 Å². The maximum atomic E-state index is 12.7. The molecule has 1 aliphatic carbocycles. The summed E-state index contributed by atoms with van der Waals surface area (Å²) in [5, 5.41) is 9.38. The van der Waals surface area contributed by atoms with E-state index in [4.69, 9.17) is 16.7 Å². The summed E-state index contributed by atoms with van der Waals surface area (Å²) in [6, 6.07) is 4.63. The van der Waals surface area contributed by atoms with Crippen molar-refractivity contribution >= 4 is 21.6 Å². The number of nitrogens with zero attached hydrogens (tertiary/aromatic N) is 1. The van der Waals surface area contributed by atoms with Crippen molar-refractivity contribution in [2.75, 3.05) is 6.54 Å². The van der Waals surface area contributed by atoms with Crippen molar-refractivity contribution in [3.8, 4) is 0 Å². The van der Waals surface area contributed by atoms with Crippen LogP contribution < -0.4 is 0 Å². The summed E-state index contributed by atoms with van der Waals surface area (Å²) < 4.78 is 27.0. The lowest BCUT2D eigenvalue weighted by molar-refractivity contribution is 0.282. The van der Waals surface area contributed by atoms with Gasteiger partial charge in [-0.25, -0.2) is 8.42 Å². The molecule has 0 aromatic heterocycles. The SMILES string of the molecule is CC(C)CN(C1CC1)S(=O)(=O)c1ccc(CO)c(Cl)c1. The topological polar surface area (TPSA) is 57.6 Å². The molecule has 4 nitrogen and oxygen atoms in total. The molecule has 1 aromatic rings. The van der Waals surface area contributed by atoms with Gasteiger partial charge in [-0.1, -0.05) is 31.5 Å². The van der Waals surface area contributed by atoms with Crippen molar-refractivity contribution in [3.05, 3.63) is 28.8 Å². The van der Waals surface area contributed by atoms with E-state index in [1.54, 1.807) is 10.4 Å². The number of aliphatic hydroxyl groups excluding tert-OH is 1. The van der Waals surface area contributed by atoms with Crippen LogP contribution in [0.1, 0.15) is 32.3 Å². The smallest absolute Gasteiger partial charge is 0.243 e. The third-order valence-electron chi connectivity index (χ3n) is 3.30. The lowest BCUT2D eigenvalue weighted by Gasteiger charge is -2.24. The Labute approximate surface area is 125 Å². The van der Waals surface area contributed by atoms with Gasteiger partial charge in [-0.3, -0.25) is 0 Å². The van der Waals surface area contributed by atoms with Crippen LogP contribution in [0.15, 0.2) is 23.1 Å². The molecule has 0 spiro atoms. The Kier molecular flexibility index (Phi) is 4.74. The van der Waals surface area contributed by atoms with Gasteiger partial charge >= 0.3 is 0 Å². The van der Waals surface area contributed by atoms with Crippen LogP contribution in [-0.2, 0) is 16.6 Å². The van der Waals surface area contributed by atoms with Gasteiger partial charge in [0.2, 0.25) is 10.0 Å². The van der Waals surface area contributed by atoms with E-state index in [0.29, 0.717) is 12.1 Å². The number of hydrogen-bond donors (Lipinski definition) is 1. The predicted molar refractivity (Wildman–Crippen MR) is 79.1 cm³/mol. The Hall–Kier alpha value is -0.620. The normalized spacial score (nSPS) is 16.1. The number of rotatable bonds is 6. The molecule has 0 amide bonds. The van der Waals surface area contributed by atoms with Crippen molar-refractivity contribution in [1.82, 2.24) is 4.31 Å². The third kappa shape index (κ3) is 3.34. The van der Waals surface area contributed by atoms with Crippen molar-refractivity contribution in [2.24, 2.45) is 5.92 Å². The van der Waals surface area contributed by atoms with Crippen LogP contribution in [-0.4, -0.2) is 30.4 Å². The summed E-state index contributed by atoms with van der Waals surface area (Å²) in [6.45, 7) is 4.34. The molecule has 0 unspecified atom stereocenters. The van der Waals surface area contributed by atoms with E-state index in [-0.39, 0.29) is 28.5 Å². The molecule has 0 bridgehead atoms. The maximum absolute atomic E-state index is 12.7. The van der Waals surface area contributed by atoms with Crippen molar-refractivity contribution in [1.29, 1.82) is 0 Å². The fourth-order valence-electron chi connectivity index (χ4n) is 2.12. The molecule has 0 saturated heterocycles. The highest BCUT2D eigenvalue weighted by molar-refractivity contribution is 7.89. The highest BCUT2D eigenvalue weighted by atomic mass is 35.5. The molecule has 1 fully saturated rings. The zero-order chi connectivity index (χ0) is 14.9.